The number of ether oxygens (including phenoxy) is 3. The lowest BCUT2D eigenvalue weighted by Crippen LogP contribution is -2.47. The zero-order valence-electron chi connectivity index (χ0n) is 14.3. The van der Waals surface area contributed by atoms with Gasteiger partial charge in [-0.3, -0.25) is 4.79 Å². The van der Waals surface area contributed by atoms with Crippen molar-refractivity contribution < 1.29 is 23.8 Å². The molecule has 7 nitrogen and oxygen atoms in total. The summed E-state index contributed by atoms with van der Waals surface area (Å²) in [5.41, 5.74) is 0.422. The van der Waals surface area contributed by atoms with Crippen LogP contribution in [0.2, 0.25) is 0 Å². The van der Waals surface area contributed by atoms with Crippen molar-refractivity contribution >= 4 is 11.9 Å². The second-order valence-electron chi connectivity index (χ2n) is 5.22. The van der Waals surface area contributed by atoms with Crippen molar-refractivity contribution in [2.75, 3.05) is 20.8 Å². The van der Waals surface area contributed by atoms with Gasteiger partial charge in [-0.25, -0.2) is 4.79 Å². The van der Waals surface area contributed by atoms with Crippen molar-refractivity contribution in [3.05, 3.63) is 23.8 Å². The molecule has 0 heterocycles. The minimum atomic E-state index is -0.723. The molecule has 0 radical (unpaired) electrons. The summed E-state index contributed by atoms with van der Waals surface area (Å²) in [6, 6.07) is 5.90. The molecule has 1 aromatic rings. The molecule has 0 saturated carbocycles. The molecule has 0 aliphatic rings. The van der Waals surface area contributed by atoms with E-state index in [1.807, 2.05) is 19.9 Å². The van der Waals surface area contributed by atoms with Crippen LogP contribution in [0.4, 0.5) is 0 Å². The number of benzene rings is 1. The Bertz CT molecular complexity index is 624. The number of methoxy groups -OCH3 is 2. The normalized spacial score (nSPS) is 12.5. The van der Waals surface area contributed by atoms with Crippen molar-refractivity contribution in [2.45, 2.75) is 26.3 Å². The van der Waals surface area contributed by atoms with E-state index in [-0.39, 0.29) is 12.5 Å². The van der Waals surface area contributed by atoms with Crippen LogP contribution in [-0.2, 0) is 14.3 Å². The van der Waals surface area contributed by atoms with Crippen LogP contribution in [0.3, 0.4) is 0 Å². The van der Waals surface area contributed by atoms with Crippen LogP contribution in [0.25, 0.3) is 0 Å². The number of rotatable bonds is 8. The molecule has 0 aliphatic carbocycles. The summed E-state index contributed by atoms with van der Waals surface area (Å²) >= 11 is 0. The van der Waals surface area contributed by atoms with Gasteiger partial charge in [0.25, 0.3) is 5.91 Å². The highest BCUT2D eigenvalue weighted by Crippen LogP contribution is 2.27. The second kappa shape index (κ2) is 9.40. The molecule has 0 unspecified atom stereocenters. The van der Waals surface area contributed by atoms with E-state index >= 15 is 0 Å². The van der Waals surface area contributed by atoms with Gasteiger partial charge in [-0.2, -0.15) is 5.26 Å². The number of esters is 1. The van der Waals surface area contributed by atoms with Gasteiger partial charge in [0.15, 0.2) is 18.1 Å². The predicted octanol–water partition coefficient (Wildman–Crippen LogP) is 1.65. The second-order valence-corrected chi connectivity index (χ2v) is 5.22. The van der Waals surface area contributed by atoms with Gasteiger partial charge >= 0.3 is 5.97 Å². The number of nitriles is 1. The summed E-state index contributed by atoms with van der Waals surface area (Å²) in [4.78, 5) is 23.8. The van der Waals surface area contributed by atoms with Crippen LogP contribution in [0, 0.1) is 17.2 Å². The molecule has 0 aliphatic heterocycles. The molecule has 0 fully saturated rings. The van der Waals surface area contributed by atoms with Crippen LogP contribution < -0.4 is 14.8 Å². The molecule has 24 heavy (non-hydrogen) atoms. The van der Waals surface area contributed by atoms with Crippen LogP contribution in [0.5, 0.6) is 11.5 Å². The number of carbonyl (C=O) groups excluding carboxylic acids is 2. The summed E-state index contributed by atoms with van der Waals surface area (Å²) in [7, 11) is 2.72. The molecule has 7 heteroatoms. The number of carbonyl (C=O) groups is 2. The van der Waals surface area contributed by atoms with Crippen molar-refractivity contribution in [3.8, 4) is 17.6 Å². The summed E-state index contributed by atoms with van der Waals surface area (Å²) < 4.78 is 15.3. The Morgan fingerprint density at radius 3 is 2.54 bits per heavy atom. The summed E-state index contributed by atoms with van der Waals surface area (Å²) in [5.74, 6) is -0.310. The molecular formula is C17H22N2O5. The maximum atomic E-state index is 12.1. The zero-order chi connectivity index (χ0) is 18.1. The molecule has 2 atom stereocenters. The van der Waals surface area contributed by atoms with E-state index in [1.165, 1.54) is 20.3 Å². The molecule has 0 bridgehead atoms. The van der Waals surface area contributed by atoms with Gasteiger partial charge in [0, 0.05) is 6.07 Å². The summed E-state index contributed by atoms with van der Waals surface area (Å²) in [5, 5.41) is 11.5. The Kier molecular flexibility index (Phi) is 7.56. The molecule has 1 aromatic carbocycles. The molecule has 0 aromatic heterocycles. The van der Waals surface area contributed by atoms with Crippen molar-refractivity contribution in [1.29, 1.82) is 5.26 Å². The molecule has 130 valence electrons. The average Bonchev–Trinajstić information content (AvgIpc) is 2.62. The third-order valence-corrected chi connectivity index (χ3v) is 3.64. The fraction of sp³-hybridized carbons (Fsp3) is 0.471. The molecule has 1 amide bonds. The molecule has 1 N–H and O–H groups in total. The minimum absolute atomic E-state index is 0.0640. The Labute approximate surface area is 141 Å². The van der Waals surface area contributed by atoms with E-state index in [0.717, 1.165) is 0 Å². The lowest BCUT2D eigenvalue weighted by atomic mass is 9.99. The Morgan fingerprint density at radius 2 is 2.00 bits per heavy atom. The van der Waals surface area contributed by atoms with Crippen molar-refractivity contribution in [1.82, 2.24) is 5.32 Å². The Morgan fingerprint density at radius 1 is 1.29 bits per heavy atom. The highest BCUT2D eigenvalue weighted by Gasteiger charge is 2.26. The fourth-order valence-corrected chi connectivity index (χ4v) is 2.01. The smallest absolute Gasteiger partial charge is 0.328 e. The average molecular weight is 334 g/mol. The number of amides is 1. The first-order chi connectivity index (χ1) is 11.5. The number of hydrogen-bond acceptors (Lipinski definition) is 6. The SMILES string of the molecule is CC[C@H](C)[C@H](NC(=O)COc1ccc(C#N)cc1OC)C(=O)OC. The van der Waals surface area contributed by atoms with Gasteiger partial charge in [-0.1, -0.05) is 20.3 Å². The number of nitrogens with one attached hydrogen (secondary N) is 1. The topological polar surface area (TPSA) is 97.6 Å². The highest BCUT2D eigenvalue weighted by molar-refractivity contribution is 5.85. The highest BCUT2D eigenvalue weighted by atomic mass is 16.5. The van der Waals surface area contributed by atoms with Crippen LogP contribution >= 0.6 is 0 Å². The van der Waals surface area contributed by atoms with Crippen LogP contribution in [-0.4, -0.2) is 38.7 Å². The lowest BCUT2D eigenvalue weighted by Gasteiger charge is -2.22. The van der Waals surface area contributed by atoms with Gasteiger partial charge < -0.3 is 19.5 Å². The van der Waals surface area contributed by atoms with Crippen molar-refractivity contribution in [2.24, 2.45) is 5.92 Å². The van der Waals surface area contributed by atoms with E-state index in [2.05, 4.69) is 5.32 Å². The van der Waals surface area contributed by atoms with E-state index < -0.39 is 17.9 Å². The standard InChI is InChI=1S/C17H22N2O5/c1-5-11(2)16(17(21)23-4)19-15(20)10-24-13-7-6-12(9-18)8-14(13)22-3/h6-8,11,16H,5,10H2,1-4H3,(H,19,20)/t11-,16-/m0/s1. The van der Waals surface area contributed by atoms with Gasteiger partial charge in [0.05, 0.1) is 25.9 Å². The Balaban J connectivity index is 2.71. The number of nitrogens with zero attached hydrogens (tertiary/aromatic N) is 1. The summed E-state index contributed by atoms with van der Waals surface area (Å²) in [6.07, 6.45) is 0.713. The molecule has 0 saturated heterocycles. The molecule has 1 rings (SSSR count). The van der Waals surface area contributed by atoms with Gasteiger partial charge in [0.1, 0.15) is 6.04 Å². The third-order valence-electron chi connectivity index (χ3n) is 3.64. The van der Waals surface area contributed by atoms with Gasteiger partial charge in [-0.05, 0) is 18.1 Å². The number of hydrogen-bond donors (Lipinski definition) is 1. The molecule has 0 spiro atoms. The molecular weight excluding hydrogens is 312 g/mol. The Hall–Kier alpha value is -2.75. The maximum Gasteiger partial charge on any atom is 0.328 e. The largest absolute Gasteiger partial charge is 0.493 e. The first-order valence-electron chi connectivity index (χ1n) is 7.54. The quantitative estimate of drug-likeness (QED) is 0.726. The first kappa shape index (κ1) is 19.3. The van der Waals surface area contributed by atoms with Gasteiger partial charge in [0.2, 0.25) is 0 Å². The predicted molar refractivity (Wildman–Crippen MR) is 86.6 cm³/mol. The zero-order valence-corrected chi connectivity index (χ0v) is 14.3. The maximum absolute atomic E-state index is 12.1. The van der Waals surface area contributed by atoms with Gasteiger partial charge in [-0.15, -0.1) is 0 Å². The first-order valence-corrected chi connectivity index (χ1v) is 7.54. The van der Waals surface area contributed by atoms with E-state index in [4.69, 9.17) is 19.5 Å². The fourth-order valence-electron chi connectivity index (χ4n) is 2.01. The third kappa shape index (κ3) is 5.16. The monoisotopic (exact) mass is 334 g/mol. The minimum Gasteiger partial charge on any atom is -0.493 e. The van der Waals surface area contributed by atoms with Crippen molar-refractivity contribution in [3.63, 3.8) is 0 Å². The lowest BCUT2D eigenvalue weighted by molar-refractivity contribution is -0.146. The van der Waals surface area contributed by atoms with Crippen LogP contribution in [0.1, 0.15) is 25.8 Å². The van der Waals surface area contributed by atoms with E-state index in [9.17, 15) is 9.59 Å². The van der Waals surface area contributed by atoms with E-state index in [0.29, 0.717) is 23.5 Å². The van der Waals surface area contributed by atoms with E-state index in [1.54, 1.807) is 12.1 Å². The summed E-state index contributed by atoms with van der Waals surface area (Å²) in [6.45, 7) is 3.49. The van der Waals surface area contributed by atoms with Crippen LogP contribution in [0.15, 0.2) is 18.2 Å².